The summed E-state index contributed by atoms with van der Waals surface area (Å²) in [5, 5.41) is 2.76. The third-order valence-corrected chi connectivity index (χ3v) is 5.73. The summed E-state index contributed by atoms with van der Waals surface area (Å²) in [6, 6.07) is 10.5. The van der Waals surface area contributed by atoms with E-state index < -0.39 is 15.9 Å². The van der Waals surface area contributed by atoms with Gasteiger partial charge >= 0.3 is 0 Å². The first-order valence-electron chi connectivity index (χ1n) is 9.24. The highest BCUT2D eigenvalue weighted by atomic mass is 32.2. The van der Waals surface area contributed by atoms with Crippen molar-refractivity contribution in [2.24, 2.45) is 5.73 Å². The van der Waals surface area contributed by atoms with E-state index in [1.54, 1.807) is 25.1 Å². The highest BCUT2D eigenvalue weighted by Gasteiger charge is 2.18. The molecule has 3 N–H and O–H groups in total. The minimum absolute atomic E-state index is 0.136. The molecule has 8 heteroatoms. The molecule has 0 aromatic heterocycles. The second-order valence-corrected chi connectivity index (χ2v) is 9.08. The van der Waals surface area contributed by atoms with E-state index in [1.165, 1.54) is 4.31 Å². The van der Waals surface area contributed by atoms with Crippen molar-refractivity contribution >= 4 is 33.2 Å². The van der Waals surface area contributed by atoms with Crippen molar-refractivity contribution in [1.29, 1.82) is 0 Å². The second kappa shape index (κ2) is 9.09. The lowest BCUT2D eigenvalue weighted by Crippen LogP contribution is -2.31. The minimum atomic E-state index is -3.48. The molecule has 7 nitrogen and oxygen atoms in total. The van der Waals surface area contributed by atoms with E-state index in [0.717, 1.165) is 17.4 Å². The zero-order valence-electron chi connectivity index (χ0n) is 17.2. The van der Waals surface area contributed by atoms with Crippen LogP contribution in [0.1, 0.15) is 39.9 Å². The van der Waals surface area contributed by atoms with E-state index in [1.807, 2.05) is 32.0 Å². The standard InChI is InChI=1S/C21H27N3O4S/c1-14-11-15(2)13-17(12-14)24(29(4,27)28)10-6-9-20(25)23-19-8-5-7-18(16(19)3)21(22)26/h5,7-8,11-13H,6,9-10H2,1-4H3,(H2,22,26)(H,23,25). The number of amides is 2. The van der Waals surface area contributed by atoms with Crippen LogP contribution < -0.4 is 15.4 Å². The first-order valence-corrected chi connectivity index (χ1v) is 11.1. The number of nitrogens with one attached hydrogen (secondary N) is 1. The Morgan fingerprint density at radius 3 is 2.24 bits per heavy atom. The lowest BCUT2D eigenvalue weighted by molar-refractivity contribution is -0.116. The van der Waals surface area contributed by atoms with Crippen LogP contribution >= 0.6 is 0 Å². The SMILES string of the molecule is Cc1cc(C)cc(N(CCCC(=O)Nc2cccc(C(N)=O)c2C)S(C)(=O)=O)c1. The maximum absolute atomic E-state index is 12.3. The third-order valence-electron chi connectivity index (χ3n) is 4.53. The van der Waals surface area contributed by atoms with Crippen LogP contribution in [0.15, 0.2) is 36.4 Å². The molecule has 2 aromatic rings. The van der Waals surface area contributed by atoms with Gasteiger partial charge in [-0.25, -0.2) is 8.42 Å². The molecule has 0 atom stereocenters. The second-order valence-electron chi connectivity index (χ2n) is 7.18. The van der Waals surface area contributed by atoms with E-state index in [-0.39, 0.29) is 18.9 Å². The van der Waals surface area contributed by atoms with Crippen LogP contribution in [0.4, 0.5) is 11.4 Å². The van der Waals surface area contributed by atoms with Crippen molar-refractivity contribution in [3.8, 4) is 0 Å². The Morgan fingerprint density at radius 1 is 1.07 bits per heavy atom. The van der Waals surface area contributed by atoms with Gasteiger partial charge < -0.3 is 11.1 Å². The molecule has 0 saturated heterocycles. The normalized spacial score (nSPS) is 11.2. The van der Waals surface area contributed by atoms with Gasteiger partial charge in [0.1, 0.15) is 0 Å². The first-order chi connectivity index (χ1) is 13.5. The predicted molar refractivity (Wildman–Crippen MR) is 116 cm³/mol. The van der Waals surface area contributed by atoms with Gasteiger partial charge in [0.15, 0.2) is 0 Å². The Hall–Kier alpha value is -2.87. The molecular weight excluding hydrogens is 390 g/mol. The van der Waals surface area contributed by atoms with Crippen molar-refractivity contribution in [2.45, 2.75) is 33.6 Å². The van der Waals surface area contributed by atoms with Crippen LogP contribution in [0.2, 0.25) is 0 Å². The van der Waals surface area contributed by atoms with Gasteiger partial charge in [-0.05, 0) is 68.1 Å². The molecule has 0 saturated carbocycles. The number of rotatable bonds is 8. The van der Waals surface area contributed by atoms with E-state index in [2.05, 4.69) is 5.32 Å². The molecule has 2 amide bonds. The number of primary amides is 1. The van der Waals surface area contributed by atoms with Crippen LogP contribution in [0, 0.1) is 20.8 Å². The van der Waals surface area contributed by atoms with Crippen molar-refractivity contribution in [3.63, 3.8) is 0 Å². The molecule has 0 bridgehead atoms. The number of aryl methyl sites for hydroxylation is 2. The summed E-state index contributed by atoms with van der Waals surface area (Å²) in [4.78, 5) is 23.8. The summed E-state index contributed by atoms with van der Waals surface area (Å²) in [6.45, 7) is 5.72. The summed E-state index contributed by atoms with van der Waals surface area (Å²) < 4.78 is 25.8. The van der Waals surface area contributed by atoms with Crippen LogP contribution in [0.3, 0.4) is 0 Å². The van der Waals surface area contributed by atoms with Crippen molar-refractivity contribution in [2.75, 3.05) is 22.4 Å². The smallest absolute Gasteiger partial charge is 0.249 e. The van der Waals surface area contributed by atoms with Crippen molar-refractivity contribution in [3.05, 3.63) is 58.7 Å². The number of hydrogen-bond acceptors (Lipinski definition) is 4. The number of sulfonamides is 1. The molecular formula is C21H27N3O4S. The highest BCUT2D eigenvalue weighted by Crippen LogP contribution is 2.22. The van der Waals surface area contributed by atoms with E-state index in [0.29, 0.717) is 28.9 Å². The number of hydrogen-bond donors (Lipinski definition) is 2. The predicted octanol–water partition coefficient (Wildman–Crippen LogP) is 2.90. The van der Waals surface area contributed by atoms with Crippen LogP contribution in [-0.2, 0) is 14.8 Å². The summed E-state index contributed by atoms with van der Waals surface area (Å²) in [5.41, 5.74) is 9.32. The Labute approximate surface area is 172 Å². The molecule has 2 rings (SSSR count). The average molecular weight is 418 g/mol. The highest BCUT2D eigenvalue weighted by molar-refractivity contribution is 7.92. The number of carbonyl (C=O) groups is 2. The summed E-state index contributed by atoms with van der Waals surface area (Å²) >= 11 is 0. The van der Waals surface area contributed by atoms with Crippen molar-refractivity contribution in [1.82, 2.24) is 0 Å². The number of nitrogens with zero attached hydrogens (tertiary/aromatic N) is 1. The average Bonchev–Trinajstić information content (AvgIpc) is 2.58. The topological polar surface area (TPSA) is 110 Å². The van der Waals surface area contributed by atoms with Gasteiger partial charge in [0.05, 0.1) is 11.9 Å². The summed E-state index contributed by atoms with van der Waals surface area (Å²) in [7, 11) is -3.48. The number of anilines is 2. The van der Waals surface area contributed by atoms with Gasteiger partial charge in [0.25, 0.3) is 0 Å². The summed E-state index contributed by atoms with van der Waals surface area (Å²) in [5.74, 6) is -0.820. The Balaban J connectivity index is 2.06. The first kappa shape index (κ1) is 22.4. The molecule has 0 spiro atoms. The molecule has 0 aliphatic rings. The molecule has 0 heterocycles. The van der Waals surface area contributed by atoms with Crippen LogP contribution in [-0.4, -0.2) is 33.0 Å². The van der Waals surface area contributed by atoms with Crippen LogP contribution in [0.25, 0.3) is 0 Å². The lowest BCUT2D eigenvalue weighted by Gasteiger charge is -2.23. The summed E-state index contributed by atoms with van der Waals surface area (Å²) in [6.07, 6.45) is 1.64. The minimum Gasteiger partial charge on any atom is -0.366 e. The zero-order chi connectivity index (χ0) is 21.8. The molecule has 29 heavy (non-hydrogen) atoms. The third kappa shape index (κ3) is 6.05. The lowest BCUT2D eigenvalue weighted by atomic mass is 10.1. The number of nitrogens with two attached hydrogens (primary N) is 1. The molecule has 0 radical (unpaired) electrons. The molecule has 0 aliphatic carbocycles. The molecule has 156 valence electrons. The van der Waals surface area contributed by atoms with E-state index in [4.69, 9.17) is 5.73 Å². The van der Waals surface area contributed by atoms with Gasteiger partial charge in [-0.1, -0.05) is 12.1 Å². The molecule has 0 fully saturated rings. The van der Waals surface area contributed by atoms with Gasteiger partial charge in [-0.3, -0.25) is 13.9 Å². The monoisotopic (exact) mass is 417 g/mol. The largest absolute Gasteiger partial charge is 0.366 e. The van der Waals surface area contributed by atoms with Gasteiger partial charge in [0, 0.05) is 24.2 Å². The fraction of sp³-hybridized carbons (Fsp3) is 0.333. The fourth-order valence-electron chi connectivity index (χ4n) is 3.21. The maximum Gasteiger partial charge on any atom is 0.249 e. The van der Waals surface area contributed by atoms with E-state index in [9.17, 15) is 18.0 Å². The zero-order valence-corrected chi connectivity index (χ0v) is 18.0. The van der Waals surface area contributed by atoms with Gasteiger partial charge in [-0.15, -0.1) is 0 Å². The quantitative estimate of drug-likeness (QED) is 0.688. The van der Waals surface area contributed by atoms with Gasteiger partial charge in [0.2, 0.25) is 21.8 Å². The molecule has 0 unspecified atom stereocenters. The Kier molecular flexibility index (Phi) is 7.02. The Bertz CT molecular complexity index is 1010. The van der Waals surface area contributed by atoms with Crippen LogP contribution in [0.5, 0.6) is 0 Å². The molecule has 0 aliphatic heterocycles. The number of benzene rings is 2. The molecule has 2 aromatic carbocycles. The Morgan fingerprint density at radius 2 is 1.69 bits per heavy atom. The van der Waals surface area contributed by atoms with E-state index >= 15 is 0 Å². The maximum atomic E-state index is 12.3. The fourth-order valence-corrected chi connectivity index (χ4v) is 4.16. The number of carbonyl (C=O) groups excluding carboxylic acids is 2. The van der Waals surface area contributed by atoms with Gasteiger partial charge in [-0.2, -0.15) is 0 Å². The van der Waals surface area contributed by atoms with Crippen molar-refractivity contribution < 1.29 is 18.0 Å².